The molecular weight excluding hydrogens is 226 g/mol. The molecule has 0 saturated carbocycles. The normalized spacial score (nSPS) is 21.1. The molecule has 18 heavy (non-hydrogen) atoms. The topological polar surface area (TPSA) is 67.4 Å². The Morgan fingerprint density at radius 3 is 3.17 bits per heavy atom. The van der Waals surface area contributed by atoms with Gasteiger partial charge >= 0.3 is 0 Å². The minimum absolute atomic E-state index is 0.528. The van der Waals surface area contributed by atoms with E-state index < -0.39 is 0 Å². The molecule has 1 aromatic rings. The van der Waals surface area contributed by atoms with Gasteiger partial charge in [0, 0.05) is 19.3 Å². The lowest BCUT2D eigenvalue weighted by atomic mass is 10.0. The van der Waals surface area contributed by atoms with Crippen molar-refractivity contribution in [2.45, 2.75) is 33.2 Å². The van der Waals surface area contributed by atoms with E-state index in [9.17, 15) is 0 Å². The molecule has 1 aliphatic rings. The Bertz CT molecular complexity index is 429. The molecule has 0 aliphatic carbocycles. The number of nitrogens with two attached hydrogens (primary N) is 1. The summed E-state index contributed by atoms with van der Waals surface area (Å²) in [6.45, 7) is 6.69. The average Bonchev–Trinajstić information content (AvgIpc) is 2.36. The van der Waals surface area contributed by atoms with Crippen LogP contribution in [0.25, 0.3) is 0 Å². The van der Waals surface area contributed by atoms with Crippen molar-refractivity contribution < 1.29 is 0 Å². The van der Waals surface area contributed by atoms with E-state index in [0.29, 0.717) is 18.4 Å². The van der Waals surface area contributed by atoms with Gasteiger partial charge < -0.3 is 10.6 Å². The Morgan fingerprint density at radius 1 is 1.61 bits per heavy atom. The fourth-order valence-corrected chi connectivity index (χ4v) is 2.25. The summed E-state index contributed by atoms with van der Waals surface area (Å²) >= 11 is 0. The molecule has 1 fully saturated rings. The zero-order chi connectivity index (χ0) is 13.0. The van der Waals surface area contributed by atoms with Gasteiger partial charge in [-0.05, 0) is 31.7 Å². The zero-order valence-corrected chi connectivity index (χ0v) is 11.1. The van der Waals surface area contributed by atoms with Gasteiger partial charge in [0.2, 0.25) is 0 Å². The van der Waals surface area contributed by atoms with E-state index in [1.54, 1.807) is 6.20 Å². The molecule has 2 N–H and O–H groups in total. The van der Waals surface area contributed by atoms with Crippen LogP contribution in [0.4, 0.5) is 0 Å². The predicted octanol–water partition coefficient (Wildman–Crippen LogP) is 1.33. The van der Waals surface area contributed by atoms with Gasteiger partial charge in [-0.3, -0.25) is 0 Å². The van der Waals surface area contributed by atoms with Gasteiger partial charge in [-0.25, -0.2) is 15.0 Å². The fraction of sp³-hybridized carbons (Fsp3) is 0.615. The number of guanidine groups is 1. The molecule has 5 heteroatoms. The molecule has 98 valence electrons. The fourth-order valence-electron chi connectivity index (χ4n) is 2.25. The lowest BCUT2D eigenvalue weighted by Gasteiger charge is -2.31. The molecular formula is C13H21N5. The first-order chi connectivity index (χ1) is 8.65. The highest BCUT2D eigenvalue weighted by Gasteiger charge is 2.17. The molecule has 0 amide bonds. The van der Waals surface area contributed by atoms with Crippen molar-refractivity contribution in [2.75, 3.05) is 13.1 Å². The first kappa shape index (κ1) is 12.8. The molecule has 0 bridgehead atoms. The van der Waals surface area contributed by atoms with Crippen molar-refractivity contribution in [1.82, 2.24) is 14.9 Å². The Hall–Kier alpha value is -1.65. The van der Waals surface area contributed by atoms with E-state index in [4.69, 9.17) is 5.73 Å². The largest absolute Gasteiger partial charge is 0.370 e. The number of rotatable bonds is 2. The highest BCUT2D eigenvalue weighted by Crippen LogP contribution is 2.15. The maximum Gasteiger partial charge on any atom is 0.191 e. The number of hydrogen-bond acceptors (Lipinski definition) is 3. The smallest absolute Gasteiger partial charge is 0.191 e. The summed E-state index contributed by atoms with van der Waals surface area (Å²) in [6, 6.07) is 1.88. The van der Waals surface area contributed by atoms with E-state index in [2.05, 4.69) is 26.8 Å². The summed E-state index contributed by atoms with van der Waals surface area (Å²) in [5.74, 6) is 2.11. The summed E-state index contributed by atoms with van der Waals surface area (Å²) in [7, 11) is 0. The third-order valence-electron chi connectivity index (χ3n) is 3.22. The Kier molecular flexibility index (Phi) is 4.12. The number of aliphatic imine (C=N–C) groups is 1. The summed E-state index contributed by atoms with van der Waals surface area (Å²) < 4.78 is 0. The van der Waals surface area contributed by atoms with Crippen LogP contribution in [0.2, 0.25) is 0 Å². The van der Waals surface area contributed by atoms with Crippen LogP contribution in [0.15, 0.2) is 17.3 Å². The maximum atomic E-state index is 6.03. The second-order valence-electron chi connectivity index (χ2n) is 4.96. The molecule has 1 atom stereocenters. The number of nitrogens with zero attached hydrogens (tertiary/aromatic N) is 4. The van der Waals surface area contributed by atoms with Gasteiger partial charge in [0.25, 0.3) is 0 Å². The number of aryl methyl sites for hydroxylation is 1. The number of aromatic nitrogens is 2. The lowest BCUT2D eigenvalue weighted by molar-refractivity contribution is 0.270. The lowest BCUT2D eigenvalue weighted by Crippen LogP contribution is -2.43. The van der Waals surface area contributed by atoms with E-state index in [1.165, 1.54) is 12.8 Å². The van der Waals surface area contributed by atoms with Crippen LogP contribution >= 0.6 is 0 Å². The van der Waals surface area contributed by atoms with Crippen molar-refractivity contribution in [3.63, 3.8) is 0 Å². The Labute approximate surface area is 108 Å². The second kappa shape index (κ2) is 5.80. The van der Waals surface area contributed by atoms with Crippen LogP contribution in [0.1, 0.15) is 31.3 Å². The molecule has 1 aliphatic heterocycles. The SMILES string of the molecule is Cc1nccc(CN=C(N)N2CCCC(C)C2)n1. The molecule has 2 heterocycles. The summed E-state index contributed by atoms with van der Waals surface area (Å²) in [5.41, 5.74) is 6.94. The van der Waals surface area contributed by atoms with E-state index >= 15 is 0 Å². The number of likely N-dealkylation sites (tertiary alicyclic amines) is 1. The summed E-state index contributed by atoms with van der Waals surface area (Å²) in [4.78, 5) is 15.0. The van der Waals surface area contributed by atoms with Gasteiger partial charge in [-0.1, -0.05) is 6.92 Å². The van der Waals surface area contributed by atoms with Crippen LogP contribution in [-0.2, 0) is 6.54 Å². The highest BCUT2D eigenvalue weighted by molar-refractivity contribution is 5.78. The predicted molar refractivity (Wildman–Crippen MR) is 72.1 cm³/mol. The first-order valence-corrected chi connectivity index (χ1v) is 6.48. The van der Waals surface area contributed by atoms with Gasteiger partial charge in [0.15, 0.2) is 5.96 Å². The van der Waals surface area contributed by atoms with Gasteiger partial charge in [-0.2, -0.15) is 0 Å². The van der Waals surface area contributed by atoms with Crippen molar-refractivity contribution in [1.29, 1.82) is 0 Å². The first-order valence-electron chi connectivity index (χ1n) is 6.48. The van der Waals surface area contributed by atoms with Gasteiger partial charge in [-0.15, -0.1) is 0 Å². The third kappa shape index (κ3) is 3.42. The van der Waals surface area contributed by atoms with Crippen LogP contribution < -0.4 is 5.73 Å². The molecule has 1 aromatic heterocycles. The van der Waals surface area contributed by atoms with Crippen molar-refractivity contribution in [3.8, 4) is 0 Å². The standard InChI is InChI=1S/C13H21N5/c1-10-4-3-7-18(9-10)13(14)16-8-12-5-6-15-11(2)17-12/h5-6,10H,3-4,7-9H2,1-2H3,(H2,14,16). The van der Waals surface area contributed by atoms with E-state index in [1.807, 2.05) is 13.0 Å². The molecule has 1 saturated heterocycles. The van der Waals surface area contributed by atoms with Crippen molar-refractivity contribution in [3.05, 3.63) is 23.8 Å². The molecule has 0 radical (unpaired) electrons. The van der Waals surface area contributed by atoms with Crippen molar-refractivity contribution in [2.24, 2.45) is 16.6 Å². The van der Waals surface area contributed by atoms with Crippen LogP contribution in [0, 0.1) is 12.8 Å². The molecule has 1 unspecified atom stereocenters. The monoisotopic (exact) mass is 247 g/mol. The van der Waals surface area contributed by atoms with Crippen LogP contribution in [-0.4, -0.2) is 33.9 Å². The molecule has 0 spiro atoms. The van der Waals surface area contributed by atoms with Crippen molar-refractivity contribution >= 4 is 5.96 Å². The molecule has 2 rings (SSSR count). The minimum Gasteiger partial charge on any atom is -0.370 e. The second-order valence-corrected chi connectivity index (χ2v) is 4.96. The quantitative estimate of drug-likeness (QED) is 0.632. The van der Waals surface area contributed by atoms with E-state index in [0.717, 1.165) is 24.6 Å². The number of hydrogen-bond donors (Lipinski definition) is 1. The van der Waals surface area contributed by atoms with Crippen LogP contribution in [0.5, 0.6) is 0 Å². The van der Waals surface area contributed by atoms with Gasteiger partial charge in [0.1, 0.15) is 5.82 Å². The Morgan fingerprint density at radius 2 is 2.44 bits per heavy atom. The molecule has 5 nitrogen and oxygen atoms in total. The van der Waals surface area contributed by atoms with E-state index in [-0.39, 0.29) is 0 Å². The highest BCUT2D eigenvalue weighted by atomic mass is 15.3. The zero-order valence-electron chi connectivity index (χ0n) is 11.1. The minimum atomic E-state index is 0.528. The number of piperidine rings is 1. The Balaban J connectivity index is 1.96. The van der Waals surface area contributed by atoms with Gasteiger partial charge in [0.05, 0.1) is 12.2 Å². The maximum absolute atomic E-state index is 6.03. The average molecular weight is 247 g/mol. The summed E-state index contributed by atoms with van der Waals surface area (Å²) in [5, 5.41) is 0. The summed E-state index contributed by atoms with van der Waals surface area (Å²) in [6.07, 6.45) is 4.24. The third-order valence-corrected chi connectivity index (χ3v) is 3.22. The molecule has 0 aromatic carbocycles. The van der Waals surface area contributed by atoms with Crippen LogP contribution in [0.3, 0.4) is 0 Å².